The third-order valence-corrected chi connectivity index (χ3v) is 4.50. The van der Waals surface area contributed by atoms with E-state index in [2.05, 4.69) is 33.0 Å². The average molecular weight is 367 g/mol. The summed E-state index contributed by atoms with van der Waals surface area (Å²) in [6.45, 7) is 9.91. The lowest BCUT2D eigenvalue weighted by Crippen LogP contribution is -2.32. The van der Waals surface area contributed by atoms with Crippen LogP contribution in [0.2, 0.25) is 0 Å². The van der Waals surface area contributed by atoms with Gasteiger partial charge in [-0.15, -0.1) is 0 Å². The second kappa shape index (κ2) is 9.91. The van der Waals surface area contributed by atoms with Gasteiger partial charge in [0.1, 0.15) is 0 Å². The average Bonchev–Trinajstić information content (AvgIpc) is 2.67. The Morgan fingerprint density at radius 3 is 1.85 bits per heavy atom. The Balaban J connectivity index is 2.05. The molecule has 0 aromatic heterocycles. The minimum absolute atomic E-state index is 0.0231. The fourth-order valence-electron chi connectivity index (χ4n) is 2.96. The number of rotatable bonds is 8. The molecule has 0 atom stereocenters. The number of hydrogen-bond donors (Lipinski definition) is 1. The van der Waals surface area contributed by atoms with Gasteiger partial charge in [0.2, 0.25) is 0 Å². The van der Waals surface area contributed by atoms with E-state index in [-0.39, 0.29) is 11.8 Å². The topological polar surface area (TPSA) is 49.4 Å². The molecule has 0 aliphatic rings. The molecule has 0 aliphatic carbocycles. The number of nitrogens with one attached hydrogen (secondary N) is 1. The summed E-state index contributed by atoms with van der Waals surface area (Å²) in [5.41, 5.74) is 3.16. The van der Waals surface area contributed by atoms with E-state index in [0.717, 1.165) is 31.6 Å². The lowest BCUT2D eigenvalue weighted by Gasteiger charge is -2.21. The predicted molar refractivity (Wildman–Crippen MR) is 111 cm³/mol. The van der Waals surface area contributed by atoms with Crippen LogP contribution in [0.5, 0.6) is 0 Å². The van der Waals surface area contributed by atoms with Crippen molar-refractivity contribution in [1.82, 2.24) is 4.90 Å². The van der Waals surface area contributed by atoms with Crippen LogP contribution in [0.1, 0.15) is 72.7 Å². The molecule has 2 aromatic carbocycles. The van der Waals surface area contributed by atoms with Gasteiger partial charge in [0, 0.05) is 29.9 Å². The Hall–Kier alpha value is -2.62. The van der Waals surface area contributed by atoms with Crippen LogP contribution in [0.3, 0.4) is 0 Å². The van der Waals surface area contributed by atoms with Crippen LogP contribution in [-0.2, 0) is 0 Å². The highest BCUT2D eigenvalue weighted by Crippen LogP contribution is 2.18. The minimum Gasteiger partial charge on any atom is -0.339 e. The first-order valence-electron chi connectivity index (χ1n) is 9.76. The van der Waals surface area contributed by atoms with Crippen molar-refractivity contribution in [2.75, 3.05) is 18.4 Å². The smallest absolute Gasteiger partial charge is 0.255 e. The molecule has 0 saturated carbocycles. The van der Waals surface area contributed by atoms with Gasteiger partial charge < -0.3 is 10.2 Å². The number of amides is 2. The first kappa shape index (κ1) is 20.7. The minimum atomic E-state index is -0.176. The van der Waals surface area contributed by atoms with Gasteiger partial charge in [0.25, 0.3) is 11.8 Å². The lowest BCUT2D eigenvalue weighted by molar-refractivity contribution is 0.0755. The quantitative estimate of drug-likeness (QED) is 0.687. The summed E-state index contributed by atoms with van der Waals surface area (Å²) in [5, 5.41) is 2.90. The molecule has 0 saturated heterocycles. The Bertz CT molecular complexity index is 743. The zero-order valence-electron chi connectivity index (χ0n) is 16.8. The molecule has 4 nitrogen and oxygen atoms in total. The molecular formula is C23H30N2O2. The molecule has 144 valence electrons. The molecule has 27 heavy (non-hydrogen) atoms. The van der Waals surface area contributed by atoms with Crippen molar-refractivity contribution in [2.45, 2.75) is 46.5 Å². The van der Waals surface area contributed by atoms with E-state index in [9.17, 15) is 9.59 Å². The van der Waals surface area contributed by atoms with Gasteiger partial charge in [-0.2, -0.15) is 0 Å². The van der Waals surface area contributed by atoms with Gasteiger partial charge in [0.15, 0.2) is 0 Å². The zero-order chi connectivity index (χ0) is 19.8. The van der Waals surface area contributed by atoms with Gasteiger partial charge in [0.05, 0.1) is 0 Å². The van der Waals surface area contributed by atoms with Crippen molar-refractivity contribution >= 4 is 17.5 Å². The zero-order valence-corrected chi connectivity index (χ0v) is 16.8. The first-order chi connectivity index (χ1) is 13.0. The van der Waals surface area contributed by atoms with E-state index in [4.69, 9.17) is 0 Å². The van der Waals surface area contributed by atoms with E-state index < -0.39 is 0 Å². The molecule has 0 fully saturated rings. The van der Waals surface area contributed by atoms with Gasteiger partial charge in [-0.25, -0.2) is 0 Å². The van der Waals surface area contributed by atoms with Crippen molar-refractivity contribution in [3.8, 4) is 0 Å². The van der Waals surface area contributed by atoms with Gasteiger partial charge in [-0.05, 0) is 60.7 Å². The Morgan fingerprint density at radius 2 is 1.37 bits per heavy atom. The number of carbonyl (C=O) groups excluding carboxylic acids is 2. The lowest BCUT2D eigenvalue weighted by atomic mass is 10.0. The molecule has 0 aliphatic heterocycles. The SMILES string of the molecule is CCCN(CCC)C(=O)c1ccc(C(=O)Nc2ccc(C(C)C)cc2)cc1. The number of anilines is 1. The van der Waals surface area contributed by atoms with Crippen LogP contribution in [0.15, 0.2) is 48.5 Å². The molecule has 0 unspecified atom stereocenters. The number of carbonyl (C=O) groups is 2. The number of hydrogen-bond acceptors (Lipinski definition) is 2. The first-order valence-corrected chi connectivity index (χ1v) is 9.76. The summed E-state index contributed by atoms with van der Waals surface area (Å²) in [5.74, 6) is 0.306. The largest absolute Gasteiger partial charge is 0.339 e. The third-order valence-electron chi connectivity index (χ3n) is 4.50. The van der Waals surface area contributed by atoms with Crippen LogP contribution >= 0.6 is 0 Å². The van der Waals surface area contributed by atoms with Crippen LogP contribution in [0.4, 0.5) is 5.69 Å². The Morgan fingerprint density at radius 1 is 0.852 bits per heavy atom. The van der Waals surface area contributed by atoms with Crippen molar-refractivity contribution in [2.24, 2.45) is 0 Å². The Labute approximate surface area is 162 Å². The highest BCUT2D eigenvalue weighted by atomic mass is 16.2. The van der Waals surface area contributed by atoms with E-state index in [1.165, 1.54) is 5.56 Å². The fraction of sp³-hybridized carbons (Fsp3) is 0.391. The highest BCUT2D eigenvalue weighted by Gasteiger charge is 2.15. The summed E-state index contributed by atoms with van der Waals surface area (Å²) in [4.78, 5) is 26.9. The van der Waals surface area contributed by atoms with E-state index in [0.29, 0.717) is 17.0 Å². The maximum absolute atomic E-state index is 12.6. The van der Waals surface area contributed by atoms with Crippen molar-refractivity contribution in [3.05, 3.63) is 65.2 Å². The van der Waals surface area contributed by atoms with Gasteiger partial charge in [-0.3, -0.25) is 9.59 Å². The molecule has 2 aromatic rings. The molecule has 1 N–H and O–H groups in total. The summed E-state index contributed by atoms with van der Waals surface area (Å²) in [7, 11) is 0. The second-order valence-electron chi connectivity index (χ2n) is 7.10. The summed E-state index contributed by atoms with van der Waals surface area (Å²) >= 11 is 0. The Kier molecular flexibility index (Phi) is 7.59. The van der Waals surface area contributed by atoms with Crippen LogP contribution in [-0.4, -0.2) is 29.8 Å². The van der Waals surface area contributed by atoms with Gasteiger partial charge in [-0.1, -0.05) is 39.8 Å². The van der Waals surface area contributed by atoms with Gasteiger partial charge >= 0.3 is 0 Å². The van der Waals surface area contributed by atoms with Crippen molar-refractivity contribution in [1.29, 1.82) is 0 Å². The maximum Gasteiger partial charge on any atom is 0.255 e. The van der Waals surface area contributed by atoms with Crippen LogP contribution in [0.25, 0.3) is 0 Å². The molecular weight excluding hydrogens is 336 g/mol. The third kappa shape index (κ3) is 5.68. The standard InChI is InChI=1S/C23H30N2O2/c1-5-15-25(16-6-2)23(27)20-9-7-19(8-10-20)22(26)24-21-13-11-18(12-14-21)17(3)4/h7-14,17H,5-6,15-16H2,1-4H3,(H,24,26). The summed E-state index contributed by atoms with van der Waals surface area (Å²) in [6, 6.07) is 14.8. The summed E-state index contributed by atoms with van der Waals surface area (Å²) < 4.78 is 0. The van der Waals surface area contributed by atoms with Crippen molar-refractivity contribution in [3.63, 3.8) is 0 Å². The van der Waals surface area contributed by atoms with Crippen LogP contribution in [0, 0.1) is 0 Å². The number of benzene rings is 2. The molecule has 0 bridgehead atoms. The van der Waals surface area contributed by atoms with Crippen LogP contribution < -0.4 is 5.32 Å². The number of nitrogens with zero attached hydrogens (tertiary/aromatic N) is 1. The molecule has 0 heterocycles. The predicted octanol–water partition coefficient (Wildman–Crippen LogP) is 5.32. The molecule has 0 radical (unpaired) electrons. The molecule has 4 heteroatoms. The van der Waals surface area contributed by atoms with E-state index >= 15 is 0 Å². The monoisotopic (exact) mass is 366 g/mol. The second-order valence-corrected chi connectivity index (χ2v) is 7.10. The molecule has 2 amide bonds. The highest BCUT2D eigenvalue weighted by molar-refractivity contribution is 6.05. The van der Waals surface area contributed by atoms with E-state index in [1.54, 1.807) is 24.3 Å². The fourth-order valence-corrected chi connectivity index (χ4v) is 2.96. The normalized spacial score (nSPS) is 10.7. The molecule has 0 spiro atoms. The molecule has 2 rings (SSSR count). The van der Waals surface area contributed by atoms with E-state index in [1.807, 2.05) is 29.2 Å². The van der Waals surface area contributed by atoms with Crippen molar-refractivity contribution < 1.29 is 9.59 Å². The maximum atomic E-state index is 12.6. The summed E-state index contributed by atoms with van der Waals surface area (Å²) in [6.07, 6.45) is 1.86.